The molecule has 0 bridgehead atoms. The minimum atomic E-state index is -0.718. The van der Waals surface area contributed by atoms with Crippen molar-refractivity contribution in [2.75, 3.05) is 17.6 Å². The molecule has 1 N–H and O–H groups in total. The Balaban J connectivity index is 1.33. The minimum Gasteiger partial charge on any atom is -0.384 e. The highest BCUT2D eigenvalue weighted by Gasteiger charge is 2.48. The van der Waals surface area contributed by atoms with E-state index in [-0.39, 0.29) is 5.41 Å². The van der Waals surface area contributed by atoms with Gasteiger partial charge in [-0.3, -0.25) is 0 Å². The number of nitrogens with one attached hydrogen (secondary N) is 1. The normalized spacial score (nSPS) is 16.8. The van der Waals surface area contributed by atoms with Crippen LogP contribution in [0.3, 0.4) is 0 Å². The molecule has 3 heteroatoms. The Kier molecular flexibility index (Phi) is 8.17. The molecule has 2 aliphatic carbocycles. The van der Waals surface area contributed by atoms with Crippen LogP contribution in [0.4, 0.5) is 5.69 Å². The first kappa shape index (κ1) is 29.4. The third-order valence-electron chi connectivity index (χ3n) is 9.48. The molecule has 0 saturated heterocycles. The standard InChI is InChI=1S/C41H42NPS/c1-28-22-29(2)25-34(24-28)43(35-26-30(3)23-31(4)27-35)38-15-9-11-33-17-19-41(40(33)38)18-16-32-10-8-14-37(39(32)41)42-20-21-44-36-12-6-5-7-13-36/h5-15,22-27,42H,16-21H2,1-4H3/t41-/m1/s1. The van der Waals surface area contributed by atoms with Gasteiger partial charge in [-0.1, -0.05) is 107 Å². The van der Waals surface area contributed by atoms with Crippen LogP contribution in [0, 0.1) is 27.7 Å². The molecule has 44 heavy (non-hydrogen) atoms. The first-order valence-electron chi connectivity index (χ1n) is 16.0. The quantitative estimate of drug-likeness (QED) is 0.107. The Morgan fingerprint density at radius 3 is 1.82 bits per heavy atom. The van der Waals surface area contributed by atoms with E-state index in [1.165, 1.54) is 61.9 Å². The maximum atomic E-state index is 3.92. The van der Waals surface area contributed by atoms with Crippen molar-refractivity contribution in [1.82, 2.24) is 0 Å². The number of anilines is 1. The molecular formula is C41H42NPS. The molecule has 222 valence electrons. The number of hydrogen-bond acceptors (Lipinski definition) is 2. The van der Waals surface area contributed by atoms with E-state index in [0.717, 1.165) is 25.1 Å². The summed E-state index contributed by atoms with van der Waals surface area (Å²) in [5.41, 5.74) is 13.1. The molecule has 0 unspecified atom stereocenters. The highest BCUT2D eigenvalue weighted by molar-refractivity contribution is 7.99. The monoisotopic (exact) mass is 611 g/mol. The van der Waals surface area contributed by atoms with Gasteiger partial charge in [-0.15, -0.1) is 11.8 Å². The van der Waals surface area contributed by atoms with Gasteiger partial charge in [0.1, 0.15) is 0 Å². The van der Waals surface area contributed by atoms with E-state index in [9.17, 15) is 0 Å². The number of rotatable bonds is 8. The molecule has 0 heterocycles. The van der Waals surface area contributed by atoms with Crippen LogP contribution in [0.5, 0.6) is 0 Å². The van der Waals surface area contributed by atoms with E-state index >= 15 is 0 Å². The Labute approximate surface area is 269 Å². The van der Waals surface area contributed by atoms with Gasteiger partial charge in [0.05, 0.1) is 0 Å². The van der Waals surface area contributed by atoms with Gasteiger partial charge >= 0.3 is 0 Å². The number of hydrogen-bond donors (Lipinski definition) is 1. The maximum absolute atomic E-state index is 3.92. The van der Waals surface area contributed by atoms with Crippen LogP contribution < -0.4 is 21.2 Å². The van der Waals surface area contributed by atoms with Crippen LogP contribution in [-0.4, -0.2) is 12.3 Å². The van der Waals surface area contributed by atoms with Crippen molar-refractivity contribution in [3.63, 3.8) is 0 Å². The number of thioether (sulfide) groups is 1. The van der Waals surface area contributed by atoms with Crippen molar-refractivity contribution in [1.29, 1.82) is 0 Å². The highest BCUT2D eigenvalue weighted by Crippen LogP contribution is 2.56. The second-order valence-corrected chi connectivity index (χ2v) is 16.2. The van der Waals surface area contributed by atoms with E-state index in [1.54, 1.807) is 22.0 Å². The topological polar surface area (TPSA) is 12.0 Å². The lowest BCUT2D eigenvalue weighted by atomic mass is 9.76. The van der Waals surface area contributed by atoms with Crippen LogP contribution in [0.25, 0.3) is 0 Å². The molecule has 1 spiro atoms. The van der Waals surface area contributed by atoms with Crippen LogP contribution in [0.2, 0.25) is 0 Å². The van der Waals surface area contributed by atoms with E-state index in [0.29, 0.717) is 0 Å². The first-order valence-corrected chi connectivity index (χ1v) is 18.4. The summed E-state index contributed by atoms with van der Waals surface area (Å²) in [6, 6.07) is 39.5. The number of benzene rings is 5. The summed E-state index contributed by atoms with van der Waals surface area (Å²) in [4.78, 5) is 1.34. The molecule has 1 nitrogen and oxygen atoms in total. The maximum Gasteiger partial charge on any atom is 0.0384 e. The number of fused-ring (bicyclic) bond motifs is 4. The third-order valence-corrected chi connectivity index (χ3v) is 12.9. The van der Waals surface area contributed by atoms with E-state index in [2.05, 4.69) is 136 Å². The lowest BCUT2D eigenvalue weighted by molar-refractivity contribution is 0.510. The Bertz CT molecular complexity index is 1730. The predicted molar refractivity (Wildman–Crippen MR) is 194 cm³/mol. The molecule has 0 saturated carbocycles. The molecule has 7 rings (SSSR count). The summed E-state index contributed by atoms with van der Waals surface area (Å²) in [6.45, 7) is 9.97. The van der Waals surface area contributed by atoms with Crippen molar-refractivity contribution in [2.45, 2.75) is 63.7 Å². The summed E-state index contributed by atoms with van der Waals surface area (Å²) in [5, 5.41) is 8.43. The zero-order valence-electron chi connectivity index (χ0n) is 26.4. The average molecular weight is 612 g/mol. The summed E-state index contributed by atoms with van der Waals surface area (Å²) in [6.07, 6.45) is 4.71. The molecule has 5 aromatic carbocycles. The van der Waals surface area contributed by atoms with Crippen LogP contribution in [0.1, 0.15) is 57.3 Å². The van der Waals surface area contributed by atoms with Gasteiger partial charge in [-0.25, -0.2) is 0 Å². The molecule has 0 aliphatic heterocycles. The van der Waals surface area contributed by atoms with Crippen LogP contribution >= 0.6 is 19.7 Å². The zero-order chi connectivity index (χ0) is 30.3. The molecule has 0 aromatic heterocycles. The Morgan fingerprint density at radius 1 is 0.636 bits per heavy atom. The van der Waals surface area contributed by atoms with Crippen molar-refractivity contribution >= 4 is 41.3 Å². The predicted octanol–water partition coefficient (Wildman–Crippen LogP) is 9.06. The number of aryl methyl sites for hydroxylation is 6. The van der Waals surface area contributed by atoms with Gasteiger partial charge in [0, 0.05) is 28.3 Å². The summed E-state index contributed by atoms with van der Waals surface area (Å²) >= 11 is 1.93. The molecule has 0 fully saturated rings. The van der Waals surface area contributed by atoms with Crippen molar-refractivity contribution in [3.05, 3.63) is 148 Å². The fraction of sp³-hybridized carbons (Fsp3) is 0.268. The van der Waals surface area contributed by atoms with Gasteiger partial charge in [-0.2, -0.15) is 0 Å². The molecular weight excluding hydrogens is 569 g/mol. The van der Waals surface area contributed by atoms with Crippen molar-refractivity contribution < 1.29 is 0 Å². The lowest BCUT2D eigenvalue weighted by Gasteiger charge is -2.33. The average Bonchev–Trinajstić information content (AvgIpc) is 3.57. The van der Waals surface area contributed by atoms with Gasteiger partial charge in [-0.05, 0) is 118 Å². The second kappa shape index (κ2) is 12.2. The Hall–Kier alpha value is -3.32. The summed E-state index contributed by atoms with van der Waals surface area (Å²) in [5.74, 6) is 1.05. The first-order chi connectivity index (χ1) is 21.4. The van der Waals surface area contributed by atoms with E-state index in [4.69, 9.17) is 0 Å². The molecule has 1 atom stereocenters. The SMILES string of the molecule is Cc1cc(C)cc(P(c2cc(C)cc(C)c2)c2cccc3c2[C@]2(CCc4cccc(NCCSc5ccccc5)c42)CC3)c1. The molecule has 0 amide bonds. The van der Waals surface area contributed by atoms with Crippen molar-refractivity contribution in [3.8, 4) is 0 Å². The third kappa shape index (κ3) is 5.53. The van der Waals surface area contributed by atoms with Gasteiger partial charge in [0.25, 0.3) is 0 Å². The lowest BCUT2D eigenvalue weighted by Crippen LogP contribution is -2.32. The van der Waals surface area contributed by atoms with Crippen molar-refractivity contribution in [2.24, 2.45) is 0 Å². The highest BCUT2D eigenvalue weighted by atomic mass is 32.2. The minimum absolute atomic E-state index is 0.0652. The summed E-state index contributed by atoms with van der Waals surface area (Å²) < 4.78 is 0. The Morgan fingerprint density at radius 2 is 1.20 bits per heavy atom. The second-order valence-electron chi connectivity index (χ2n) is 12.8. The van der Waals surface area contributed by atoms with E-state index < -0.39 is 7.92 Å². The molecule has 0 radical (unpaired) electrons. The largest absolute Gasteiger partial charge is 0.384 e. The smallest absolute Gasteiger partial charge is 0.0384 e. The zero-order valence-corrected chi connectivity index (χ0v) is 28.1. The van der Waals surface area contributed by atoms with Gasteiger partial charge in [0.15, 0.2) is 0 Å². The fourth-order valence-electron chi connectivity index (χ4n) is 7.96. The van der Waals surface area contributed by atoms with E-state index in [1.807, 2.05) is 11.8 Å². The van der Waals surface area contributed by atoms with Gasteiger partial charge in [0.2, 0.25) is 0 Å². The molecule has 2 aliphatic rings. The van der Waals surface area contributed by atoms with Gasteiger partial charge < -0.3 is 5.32 Å². The van der Waals surface area contributed by atoms with Crippen LogP contribution in [0.15, 0.2) is 108 Å². The summed E-state index contributed by atoms with van der Waals surface area (Å²) in [7, 11) is -0.718. The fourth-order valence-corrected chi connectivity index (χ4v) is 11.7. The van der Waals surface area contributed by atoms with Crippen LogP contribution in [-0.2, 0) is 18.3 Å². The molecule has 5 aromatic rings.